The molecule has 0 radical (unpaired) electrons. The molecule has 1 aromatic rings. The molecule has 0 amide bonds. The highest BCUT2D eigenvalue weighted by atomic mass is 16.5. The smallest absolute Gasteiger partial charge is 0.203 e. The van der Waals surface area contributed by atoms with Crippen molar-refractivity contribution in [2.24, 2.45) is 5.92 Å². The van der Waals surface area contributed by atoms with Crippen molar-refractivity contribution < 1.29 is 4.74 Å². The van der Waals surface area contributed by atoms with Crippen LogP contribution in [-0.4, -0.2) is 29.3 Å². The quantitative estimate of drug-likeness (QED) is 0.887. The molecule has 1 heterocycles. The summed E-state index contributed by atoms with van der Waals surface area (Å²) in [4.78, 5) is 4.62. The minimum absolute atomic E-state index is 0.285. The van der Waals surface area contributed by atoms with Gasteiger partial charge in [-0.05, 0) is 45.4 Å². The monoisotopic (exact) mass is 265 g/mol. The Morgan fingerprint density at radius 2 is 2.11 bits per heavy atom. The van der Waals surface area contributed by atoms with Gasteiger partial charge in [-0.2, -0.15) is 0 Å². The zero-order valence-electron chi connectivity index (χ0n) is 12.6. The largest absolute Gasteiger partial charge is 0.383 e. The molecule has 1 fully saturated rings. The Morgan fingerprint density at radius 1 is 1.42 bits per heavy atom. The summed E-state index contributed by atoms with van der Waals surface area (Å²) < 4.78 is 7.52. The lowest BCUT2D eigenvalue weighted by Crippen LogP contribution is -2.25. The fourth-order valence-corrected chi connectivity index (χ4v) is 2.93. The van der Waals surface area contributed by atoms with Gasteiger partial charge in [0.25, 0.3) is 0 Å². The second-order valence-corrected chi connectivity index (χ2v) is 6.03. The summed E-state index contributed by atoms with van der Waals surface area (Å²) in [7, 11) is 1.73. The van der Waals surface area contributed by atoms with Gasteiger partial charge in [0, 0.05) is 25.4 Å². The van der Waals surface area contributed by atoms with Crippen LogP contribution in [0.4, 0.5) is 5.95 Å². The Labute approximate surface area is 116 Å². The molecule has 0 bridgehead atoms. The van der Waals surface area contributed by atoms with Gasteiger partial charge in [0.1, 0.15) is 0 Å². The predicted molar refractivity (Wildman–Crippen MR) is 78.6 cm³/mol. The number of rotatable bonds is 5. The van der Waals surface area contributed by atoms with Crippen LogP contribution in [0.5, 0.6) is 0 Å². The molecule has 1 aliphatic carbocycles. The van der Waals surface area contributed by atoms with Gasteiger partial charge < -0.3 is 14.6 Å². The van der Waals surface area contributed by atoms with E-state index in [2.05, 4.69) is 41.8 Å². The molecule has 1 atom stereocenters. The van der Waals surface area contributed by atoms with Crippen molar-refractivity contribution in [3.8, 4) is 0 Å². The van der Waals surface area contributed by atoms with Gasteiger partial charge in [-0.1, -0.05) is 6.92 Å². The van der Waals surface area contributed by atoms with Crippen molar-refractivity contribution in [1.29, 1.82) is 0 Å². The summed E-state index contributed by atoms with van der Waals surface area (Å²) in [5, 5.41) is 3.47. The number of hydrogen-bond acceptors (Lipinski definition) is 3. The zero-order valence-corrected chi connectivity index (χ0v) is 12.6. The number of nitrogens with zero attached hydrogens (tertiary/aromatic N) is 2. The van der Waals surface area contributed by atoms with E-state index >= 15 is 0 Å². The standard InChI is InChI=1S/C15H27N3O/c1-11-5-7-14(8-6-11)18-9-12(2)16-15(18)17-13(3)10-19-4/h9,11,13-14H,5-8,10H2,1-4H3,(H,16,17). The second kappa shape index (κ2) is 6.42. The molecule has 0 aromatic carbocycles. The normalized spacial score (nSPS) is 25.3. The Morgan fingerprint density at radius 3 is 2.74 bits per heavy atom. The third kappa shape index (κ3) is 3.72. The van der Waals surface area contributed by atoms with Crippen LogP contribution in [0.2, 0.25) is 0 Å². The van der Waals surface area contributed by atoms with Crippen LogP contribution in [0, 0.1) is 12.8 Å². The molecule has 4 heteroatoms. The molecule has 0 spiro atoms. The molecule has 0 aliphatic heterocycles. The minimum Gasteiger partial charge on any atom is -0.383 e. The third-order valence-corrected chi connectivity index (χ3v) is 4.02. The van der Waals surface area contributed by atoms with Crippen molar-refractivity contribution >= 4 is 5.95 Å². The molecular weight excluding hydrogens is 238 g/mol. The van der Waals surface area contributed by atoms with Crippen molar-refractivity contribution in [3.63, 3.8) is 0 Å². The minimum atomic E-state index is 0.285. The molecule has 1 aliphatic rings. The first-order valence-corrected chi connectivity index (χ1v) is 7.41. The van der Waals surface area contributed by atoms with E-state index in [4.69, 9.17) is 4.74 Å². The van der Waals surface area contributed by atoms with Gasteiger partial charge >= 0.3 is 0 Å². The number of aromatic nitrogens is 2. The van der Waals surface area contributed by atoms with E-state index in [9.17, 15) is 0 Å². The van der Waals surface area contributed by atoms with Gasteiger partial charge in [-0.3, -0.25) is 0 Å². The molecular formula is C15H27N3O. The van der Waals surface area contributed by atoms with E-state index in [0.29, 0.717) is 12.6 Å². The topological polar surface area (TPSA) is 39.1 Å². The Balaban J connectivity index is 2.07. The number of hydrogen-bond donors (Lipinski definition) is 1. The predicted octanol–water partition coefficient (Wildman–Crippen LogP) is 3.39. The highest BCUT2D eigenvalue weighted by Crippen LogP contribution is 2.33. The Bertz CT molecular complexity index is 394. The summed E-state index contributed by atoms with van der Waals surface area (Å²) in [6.07, 6.45) is 7.38. The van der Waals surface area contributed by atoms with Crippen molar-refractivity contribution in [2.45, 2.75) is 58.5 Å². The van der Waals surface area contributed by atoms with Crippen LogP contribution < -0.4 is 5.32 Å². The lowest BCUT2D eigenvalue weighted by molar-refractivity contribution is 0.189. The SMILES string of the molecule is COCC(C)Nc1nc(C)cn1C1CCC(C)CC1. The first-order chi connectivity index (χ1) is 9.10. The van der Waals surface area contributed by atoms with Crippen molar-refractivity contribution in [1.82, 2.24) is 9.55 Å². The van der Waals surface area contributed by atoms with Crippen LogP contribution >= 0.6 is 0 Å². The first-order valence-electron chi connectivity index (χ1n) is 7.41. The number of aryl methyl sites for hydroxylation is 1. The van der Waals surface area contributed by atoms with Crippen LogP contribution in [0.3, 0.4) is 0 Å². The van der Waals surface area contributed by atoms with Gasteiger partial charge in [0.15, 0.2) is 0 Å². The molecule has 1 aromatic heterocycles. The molecule has 108 valence electrons. The average molecular weight is 265 g/mol. The maximum Gasteiger partial charge on any atom is 0.203 e. The summed E-state index contributed by atoms with van der Waals surface area (Å²) >= 11 is 0. The number of anilines is 1. The van der Waals surface area contributed by atoms with Gasteiger partial charge in [-0.25, -0.2) is 4.98 Å². The fraction of sp³-hybridized carbons (Fsp3) is 0.800. The van der Waals surface area contributed by atoms with Crippen molar-refractivity contribution in [2.75, 3.05) is 19.0 Å². The maximum absolute atomic E-state index is 5.18. The van der Waals surface area contributed by atoms with Gasteiger partial charge in [-0.15, -0.1) is 0 Å². The molecule has 1 N–H and O–H groups in total. The van der Waals surface area contributed by atoms with Crippen LogP contribution in [-0.2, 0) is 4.74 Å². The number of methoxy groups -OCH3 is 1. The van der Waals surface area contributed by atoms with E-state index < -0.39 is 0 Å². The zero-order chi connectivity index (χ0) is 13.8. The maximum atomic E-state index is 5.18. The van der Waals surface area contributed by atoms with Gasteiger partial charge in [0.2, 0.25) is 5.95 Å². The lowest BCUT2D eigenvalue weighted by atomic mass is 9.87. The fourth-order valence-electron chi connectivity index (χ4n) is 2.93. The summed E-state index contributed by atoms with van der Waals surface area (Å²) in [5.74, 6) is 1.88. The third-order valence-electron chi connectivity index (χ3n) is 4.02. The molecule has 4 nitrogen and oxygen atoms in total. The van der Waals surface area contributed by atoms with E-state index in [-0.39, 0.29) is 6.04 Å². The molecule has 2 rings (SSSR count). The number of nitrogens with one attached hydrogen (secondary N) is 1. The lowest BCUT2D eigenvalue weighted by Gasteiger charge is -2.29. The second-order valence-electron chi connectivity index (χ2n) is 6.03. The highest BCUT2D eigenvalue weighted by molar-refractivity contribution is 5.31. The van der Waals surface area contributed by atoms with Gasteiger partial charge in [0.05, 0.1) is 12.3 Å². The van der Waals surface area contributed by atoms with E-state index in [1.54, 1.807) is 7.11 Å². The Kier molecular flexibility index (Phi) is 4.86. The molecule has 19 heavy (non-hydrogen) atoms. The summed E-state index contributed by atoms with van der Waals surface area (Å²) in [6, 6.07) is 0.891. The highest BCUT2D eigenvalue weighted by Gasteiger charge is 2.22. The van der Waals surface area contributed by atoms with E-state index in [1.165, 1.54) is 25.7 Å². The number of imidazole rings is 1. The van der Waals surface area contributed by atoms with E-state index in [0.717, 1.165) is 17.6 Å². The Hall–Kier alpha value is -1.03. The summed E-state index contributed by atoms with van der Waals surface area (Å²) in [6.45, 7) is 7.25. The first kappa shape index (κ1) is 14.4. The van der Waals surface area contributed by atoms with Crippen LogP contribution in [0.25, 0.3) is 0 Å². The molecule has 1 unspecified atom stereocenters. The van der Waals surface area contributed by atoms with Crippen molar-refractivity contribution in [3.05, 3.63) is 11.9 Å². The average Bonchev–Trinajstić information content (AvgIpc) is 2.71. The molecule has 0 saturated heterocycles. The summed E-state index contributed by atoms with van der Waals surface area (Å²) in [5.41, 5.74) is 1.09. The molecule has 1 saturated carbocycles. The number of ether oxygens (including phenoxy) is 1. The van der Waals surface area contributed by atoms with E-state index in [1.807, 2.05) is 0 Å². The van der Waals surface area contributed by atoms with Crippen LogP contribution in [0.15, 0.2) is 6.20 Å². The van der Waals surface area contributed by atoms with Crippen LogP contribution in [0.1, 0.15) is 51.3 Å².